The van der Waals surface area contributed by atoms with Crippen molar-refractivity contribution in [2.75, 3.05) is 5.32 Å². The van der Waals surface area contributed by atoms with Gasteiger partial charge in [0, 0.05) is 23.2 Å². The third-order valence-corrected chi connectivity index (χ3v) is 7.48. The fourth-order valence-corrected chi connectivity index (χ4v) is 5.68. The maximum atomic E-state index is 11.0. The number of hydrogen-bond donors (Lipinski definition) is 2. The molecule has 1 atom stereocenters. The minimum atomic E-state index is -0.800. The van der Waals surface area contributed by atoms with Gasteiger partial charge in [-0.1, -0.05) is 108 Å². The number of rotatable bonds is 7. The Morgan fingerprint density at radius 1 is 0.889 bits per heavy atom. The Labute approximate surface area is 215 Å². The number of nitrogens with zero attached hydrogens (tertiary/aromatic N) is 1. The lowest BCUT2D eigenvalue weighted by atomic mass is 9.76. The number of hydrogen-bond acceptors (Lipinski definition) is 4. The standard InChI is InChI=1S/C31H27ClN2O2/c1-20(35)27-25(19-26-28(29(27)32)30(34-36-26)21-17-18-21)33-31(22-11-5-2-6-12-22,23-13-7-3-8-14-23)24-15-9-4-10-16-24/h2-16,19-21,33,35H,17-18H2,1H3. The molecule has 5 heteroatoms. The number of anilines is 1. The van der Waals surface area contributed by atoms with Gasteiger partial charge in [-0.25, -0.2) is 0 Å². The molecule has 0 saturated heterocycles. The van der Waals surface area contributed by atoms with E-state index in [4.69, 9.17) is 16.1 Å². The van der Waals surface area contributed by atoms with Crippen LogP contribution in [0, 0.1) is 0 Å². The summed E-state index contributed by atoms with van der Waals surface area (Å²) in [6.07, 6.45) is 1.37. The first kappa shape index (κ1) is 22.8. The number of halogens is 1. The third-order valence-electron chi connectivity index (χ3n) is 7.09. The lowest BCUT2D eigenvalue weighted by Gasteiger charge is -2.38. The van der Waals surface area contributed by atoms with Crippen LogP contribution in [0.25, 0.3) is 11.0 Å². The molecular formula is C31H27ClN2O2. The summed E-state index contributed by atoms with van der Waals surface area (Å²) in [7, 11) is 0. The minimum absolute atomic E-state index is 0.376. The molecule has 2 N–H and O–H groups in total. The Kier molecular flexibility index (Phi) is 5.79. The molecule has 0 amide bonds. The van der Waals surface area contributed by atoms with E-state index in [-0.39, 0.29) is 0 Å². The molecular weight excluding hydrogens is 468 g/mol. The second-order valence-electron chi connectivity index (χ2n) is 9.52. The van der Waals surface area contributed by atoms with Gasteiger partial charge >= 0.3 is 0 Å². The predicted molar refractivity (Wildman–Crippen MR) is 144 cm³/mol. The van der Waals surface area contributed by atoms with Crippen molar-refractivity contribution < 1.29 is 9.63 Å². The molecule has 1 aliphatic carbocycles. The van der Waals surface area contributed by atoms with Crippen molar-refractivity contribution in [1.29, 1.82) is 0 Å². The van der Waals surface area contributed by atoms with Crippen molar-refractivity contribution >= 4 is 28.3 Å². The van der Waals surface area contributed by atoms with Gasteiger partial charge in [-0.15, -0.1) is 0 Å². The van der Waals surface area contributed by atoms with Gasteiger partial charge < -0.3 is 14.9 Å². The van der Waals surface area contributed by atoms with Crippen LogP contribution in [0.2, 0.25) is 5.02 Å². The minimum Gasteiger partial charge on any atom is -0.389 e. The average Bonchev–Trinajstić information content (AvgIpc) is 3.67. The smallest absolute Gasteiger partial charge is 0.170 e. The lowest BCUT2D eigenvalue weighted by molar-refractivity contribution is 0.200. The van der Waals surface area contributed by atoms with Crippen molar-refractivity contribution in [1.82, 2.24) is 5.16 Å². The highest BCUT2D eigenvalue weighted by Crippen LogP contribution is 2.49. The van der Waals surface area contributed by atoms with Crippen LogP contribution in [0.1, 0.15) is 59.7 Å². The molecule has 5 aromatic rings. The average molecular weight is 495 g/mol. The second kappa shape index (κ2) is 9.12. The van der Waals surface area contributed by atoms with E-state index in [1.165, 1.54) is 0 Å². The van der Waals surface area contributed by atoms with Gasteiger partial charge in [0.05, 0.1) is 22.2 Å². The first-order valence-electron chi connectivity index (χ1n) is 12.3. The zero-order valence-electron chi connectivity index (χ0n) is 20.0. The van der Waals surface area contributed by atoms with Gasteiger partial charge in [0.25, 0.3) is 0 Å². The van der Waals surface area contributed by atoms with E-state index in [1.54, 1.807) is 6.92 Å². The number of nitrogens with one attached hydrogen (secondary N) is 1. The summed E-state index contributed by atoms with van der Waals surface area (Å²) in [5.74, 6) is 0.376. The number of aliphatic hydroxyl groups excluding tert-OH is 1. The highest BCUT2D eigenvalue weighted by Gasteiger charge is 2.38. The summed E-state index contributed by atoms with van der Waals surface area (Å²) >= 11 is 7.03. The van der Waals surface area contributed by atoms with Crippen molar-refractivity contribution in [2.24, 2.45) is 0 Å². The van der Waals surface area contributed by atoms with Crippen LogP contribution in [0.3, 0.4) is 0 Å². The highest BCUT2D eigenvalue weighted by molar-refractivity contribution is 6.37. The van der Waals surface area contributed by atoms with E-state index in [2.05, 4.69) is 46.9 Å². The summed E-state index contributed by atoms with van der Waals surface area (Å²) < 4.78 is 5.78. The summed E-state index contributed by atoms with van der Waals surface area (Å²) in [5, 5.41) is 20.5. The van der Waals surface area contributed by atoms with Gasteiger partial charge in [-0.2, -0.15) is 0 Å². The van der Waals surface area contributed by atoms with Crippen LogP contribution in [0.4, 0.5) is 5.69 Å². The number of aromatic nitrogens is 1. The lowest BCUT2D eigenvalue weighted by Crippen LogP contribution is -2.38. The monoisotopic (exact) mass is 494 g/mol. The van der Waals surface area contributed by atoms with Gasteiger partial charge in [-0.05, 0) is 36.5 Å². The topological polar surface area (TPSA) is 58.3 Å². The number of benzene rings is 4. The molecule has 0 bridgehead atoms. The van der Waals surface area contributed by atoms with E-state index in [1.807, 2.05) is 60.7 Å². The molecule has 6 rings (SSSR count). The molecule has 0 radical (unpaired) electrons. The second-order valence-corrected chi connectivity index (χ2v) is 9.89. The Morgan fingerprint density at radius 3 is 1.83 bits per heavy atom. The molecule has 1 heterocycles. The Bertz CT molecular complexity index is 1400. The summed E-state index contributed by atoms with van der Waals surface area (Å²) in [6, 6.07) is 33.0. The molecule has 1 fully saturated rings. The molecule has 1 unspecified atom stereocenters. The fourth-order valence-electron chi connectivity index (χ4n) is 5.23. The summed E-state index contributed by atoms with van der Waals surface area (Å²) in [6.45, 7) is 1.75. The molecule has 1 aliphatic rings. The van der Waals surface area contributed by atoms with Gasteiger partial charge in [0.1, 0.15) is 5.54 Å². The van der Waals surface area contributed by atoms with Crippen LogP contribution in [-0.4, -0.2) is 10.3 Å². The molecule has 1 saturated carbocycles. The zero-order chi connectivity index (χ0) is 24.7. The third kappa shape index (κ3) is 3.78. The van der Waals surface area contributed by atoms with E-state index in [0.29, 0.717) is 27.8 Å². The van der Waals surface area contributed by atoms with Gasteiger partial charge in [0.15, 0.2) is 5.58 Å². The van der Waals surface area contributed by atoms with Crippen LogP contribution < -0.4 is 5.32 Å². The quantitative estimate of drug-likeness (QED) is 0.226. The molecule has 36 heavy (non-hydrogen) atoms. The van der Waals surface area contributed by atoms with Crippen LogP contribution in [0.15, 0.2) is 102 Å². The molecule has 180 valence electrons. The highest BCUT2D eigenvalue weighted by atomic mass is 35.5. The maximum Gasteiger partial charge on any atom is 0.170 e. The summed E-state index contributed by atoms with van der Waals surface area (Å²) in [4.78, 5) is 0. The Hall–Kier alpha value is -3.60. The fraction of sp³-hybridized carbons (Fsp3) is 0.194. The SMILES string of the molecule is CC(O)c1c(NC(c2ccccc2)(c2ccccc2)c2ccccc2)cc2onc(C3CC3)c2c1Cl. The first-order valence-corrected chi connectivity index (χ1v) is 12.7. The molecule has 1 aromatic heterocycles. The van der Waals surface area contributed by atoms with Crippen molar-refractivity contribution in [3.63, 3.8) is 0 Å². The predicted octanol–water partition coefficient (Wildman–Crippen LogP) is 7.82. The van der Waals surface area contributed by atoms with Crippen LogP contribution in [0.5, 0.6) is 0 Å². The normalized spacial score (nSPS) is 14.6. The molecule has 4 nitrogen and oxygen atoms in total. The van der Waals surface area contributed by atoms with Gasteiger partial charge in [0.2, 0.25) is 0 Å². The Balaban J connectivity index is 1.64. The summed E-state index contributed by atoms with van der Waals surface area (Å²) in [5.41, 5.74) is 5.29. The number of aliphatic hydroxyl groups is 1. The number of fused-ring (bicyclic) bond motifs is 1. The van der Waals surface area contributed by atoms with E-state index < -0.39 is 11.6 Å². The van der Waals surface area contributed by atoms with E-state index in [0.717, 1.165) is 40.6 Å². The largest absolute Gasteiger partial charge is 0.389 e. The van der Waals surface area contributed by atoms with Crippen molar-refractivity contribution in [2.45, 2.75) is 37.3 Å². The van der Waals surface area contributed by atoms with E-state index >= 15 is 0 Å². The van der Waals surface area contributed by atoms with E-state index in [9.17, 15) is 5.11 Å². The van der Waals surface area contributed by atoms with Crippen molar-refractivity contribution in [3.05, 3.63) is 130 Å². The Morgan fingerprint density at radius 2 is 1.39 bits per heavy atom. The van der Waals surface area contributed by atoms with Gasteiger partial charge in [-0.3, -0.25) is 0 Å². The molecule has 0 aliphatic heterocycles. The van der Waals surface area contributed by atoms with Crippen LogP contribution in [-0.2, 0) is 5.54 Å². The molecule has 0 spiro atoms. The first-order chi connectivity index (χ1) is 17.6. The van der Waals surface area contributed by atoms with Crippen molar-refractivity contribution in [3.8, 4) is 0 Å². The van der Waals surface area contributed by atoms with Crippen LogP contribution >= 0.6 is 11.6 Å². The zero-order valence-corrected chi connectivity index (χ0v) is 20.7. The maximum absolute atomic E-state index is 11.0. The molecule has 4 aromatic carbocycles.